The SMILES string of the molecule is Fc1ccc(Cc2ccc3c(c2)C(C#Cc2ccccn2)=NC3)c(F)c1. The summed E-state index contributed by atoms with van der Waals surface area (Å²) in [6.45, 7) is 0.590. The van der Waals surface area contributed by atoms with Gasteiger partial charge in [-0.05, 0) is 52.8 Å². The molecule has 0 fully saturated rings. The highest BCUT2D eigenvalue weighted by Crippen LogP contribution is 2.23. The lowest BCUT2D eigenvalue weighted by Crippen LogP contribution is -1.99. The maximum atomic E-state index is 13.9. The predicted molar refractivity (Wildman–Crippen MR) is 97.0 cm³/mol. The Morgan fingerprint density at radius 2 is 1.88 bits per heavy atom. The number of benzene rings is 2. The lowest BCUT2D eigenvalue weighted by molar-refractivity contribution is 0.574. The molecule has 0 saturated heterocycles. The van der Waals surface area contributed by atoms with Gasteiger partial charge in [-0.25, -0.2) is 13.8 Å². The molecule has 0 radical (unpaired) electrons. The lowest BCUT2D eigenvalue weighted by Gasteiger charge is -2.06. The number of pyridine rings is 1. The minimum atomic E-state index is -0.570. The number of hydrogen-bond acceptors (Lipinski definition) is 2. The molecule has 1 aliphatic rings. The predicted octanol–water partition coefficient (Wildman–Crippen LogP) is 4.31. The Morgan fingerprint density at radius 3 is 2.69 bits per heavy atom. The van der Waals surface area contributed by atoms with Crippen LogP contribution in [0.3, 0.4) is 0 Å². The summed E-state index contributed by atoms with van der Waals surface area (Å²) in [6, 6.07) is 15.2. The van der Waals surface area contributed by atoms with E-state index in [-0.39, 0.29) is 0 Å². The fourth-order valence-electron chi connectivity index (χ4n) is 2.89. The molecule has 26 heavy (non-hydrogen) atoms. The van der Waals surface area contributed by atoms with E-state index in [1.807, 2.05) is 36.4 Å². The maximum absolute atomic E-state index is 13.9. The van der Waals surface area contributed by atoms with Crippen molar-refractivity contribution in [2.45, 2.75) is 13.0 Å². The van der Waals surface area contributed by atoms with Crippen LogP contribution >= 0.6 is 0 Å². The molecule has 2 nitrogen and oxygen atoms in total. The standard InChI is InChI=1S/C22H14F2N2/c23-18-7-6-16(21(24)13-18)11-15-4-5-17-14-26-22(20(17)12-15)9-8-19-3-1-2-10-25-19/h1-7,10,12-13H,11,14H2. The van der Waals surface area contributed by atoms with Crippen molar-refractivity contribution in [3.8, 4) is 11.8 Å². The second-order valence-corrected chi connectivity index (χ2v) is 6.03. The third kappa shape index (κ3) is 3.38. The molecule has 3 aromatic rings. The van der Waals surface area contributed by atoms with Gasteiger partial charge in [-0.3, -0.25) is 4.99 Å². The number of halogens is 2. The van der Waals surface area contributed by atoms with E-state index in [0.29, 0.717) is 29.9 Å². The van der Waals surface area contributed by atoms with Gasteiger partial charge in [0.05, 0.1) is 6.54 Å². The summed E-state index contributed by atoms with van der Waals surface area (Å²) in [4.78, 5) is 8.67. The minimum Gasteiger partial charge on any atom is -0.271 e. The molecule has 4 rings (SSSR count). The van der Waals surface area contributed by atoms with Crippen molar-refractivity contribution in [3.63, 3.8) is 0 Å². The quantitative estimate of drug-likeness (QED) is 0.636. The molecule has 0 bridgehead atoms. The van der Waals surface area contributed by atoms with E-state index in [1.54, 1.807) is 6.20 Å². The Labute approximate surface area is 150 Å². The van der Waals surface area contributed by atoms with Gasteiger partial charge in [-0.2, -0.15) is 0 Å². The molecular weight excluding hydrogens is 330 g/mol. The van der Waals surface area contributed by atoms with Crippen LogP contribution in [0.25, 0.3) is 0 Å². The molecule has 2 heterocycles. The zero-order chi connectivity index (χ0) is 17.9. The fraction of sp³-hybridized carbons (Fsp3) is 0.0909. The molecule has 4 heteroatoms. The van der Waals surface area contributed by atoms with Crippen LogP contribution in [0.15, 0.2) is 65.8 Å². The minimum absolute atomic E-state index is 0.389. The van der Waals surface area contributed by atoms with Crippen molar-refractivity contribution in [2.24, 2.45) is 4.99 Å². The largest absolute Gasteiger partial charge is 0.271 e. The number of fused-ring (bicyclic) bond motifs is 1. The van der Waals surface area contributed by atoms with E-state index in [9.17, 15) is 8.78 Å². The molecule has 0 saturated carbocycles. The average molecular weight is 344 g/mol. The summed E-state index contributed by atoms with van der Waals surface area (Å²) in [5.74, 6) is 4.99. The first kappa shape index (κ1) is 16.2. The summed E-state index contributed by atoms with van der Waals surface area (Å²) in [5, 5.41) is 0. The van der Waals surface area contributed by atoms with Gasteiger partial charge in [0.15, 0.2) is 0 Å². The Hall–Kier alpha value is -3.32. The average Bonchev–Trinajstić information content (AvgIpc) is 3.05. The number of nitrogens with zero attached hydrogens (tertiary/aromatic N) is 2. The van der Waals surface area contributed by atoms with Crippen LogP contribution in [0.5, 0.6) is 0 Å². The number of hydrogen-bond donors (Lipinski definition) is 0. The molecule has 2 aromatic carbocycles. The summed E-state index contributed by atoms with van der Waals surface area (Å²) >= 11 is 0. The van der Waals surface area contributed by atoms with Crippen molar-refractivity contribution < 1.29 is 8.78 Å². The Morgan fingerprint density at radius 1 is 0.962 bits per heavy atom. The van der Waals surface area contributed by atoms with Crippen molar-refractivity contribution in [1.82, 2.24) is 4.98 Å². The lowest BCUT2D eigenvalue weighted by atomic mass is 9.98. The zero-order valence-corrected chi connectivity index (χ0v) is 13.8. The Kier molecular flexibility index (Phi) is 4.28. The fourth-order valence-corrected chi connectivity index (χ4v) is 2.89. The smallest absolute Gasteiger partial charge is 0.129 e. The Balaban J connectivity index is 1.61. The van der Waals surface area contributed by atoms with Crippen LogP contribution < -0.4 is 0 Å². The molecule has 126 valence electrons. The molecular formula is C22H14F2N2. The number of aliphatic imine (C=N–C) groups is 1. The monoisotopic (exact) mass is 344 g/mol. The maximum Gasteiger partial charge on any atom is 0.129 e. The highest BCUT2D eigenvalue weighted by Gasteiger charge is 2.15. The normalized spacial score (nSPS) is 12.2. The second kappa shape index (κ2) is 6.89. The summed E-state index contributed by atoms with van der Waals surface area (Å²) in [5.41, 5.74) is 4.86. The van der Waals surface area contributed by atoms with E-state index in [0.717, 1.165) is 22.8 Å². The summed E-state index contributed by atoms with van der Waals surface area (Å²) in [6.07, 6.45) is 2.09. The van der Waals surface area contributed by atoms with E-state index >= 15 is 0 Å². The van der Waals surface area contributed by atoms with Gasteiger partial charge < -0.3 is 0 Å². The molecule has 0 amide bonds. The van der Waals surface area contributed by atoms with E-state index < -0.39 is 11.6 Å². The third-order valence-corrected chi connectivity index (χ3v) is 4.22. The van der Waals surface area contributed by atoms with Gasteiger partial charge in [0.25, 0.3) is 0 Å². The van der Waals surface area contributed by atoms with Gasteiger partial charge in [0, 0.05) is 24.2 Å². The van der Waals surface area contributed by atoms with E-state index in [4.69, 9.17) is 0 Å². The first-order chi connectivity index (χ1) is 12.7. The molecule has 0 aliphatic carbocycles. The zero-order valence-electron chi connectivity index (χ0n) is 13.8. The van der Waals surface area contributed by atoms with Gasteiger partial charge in [-0.1, -0.05) is 24.3 Å². The molecule has 0 atom stereocenters. The molecule has 0 N–H and O–H groups in total. The number of aromatic nitrogens is 1. The van der Waals surface area contributed by atoms with Crippen LogP contribution in [-0.4, -0.2) is 10.7 Å². The molecule has 0 spiro atoms. The van der Waals surface area contributed by atoms with E-state index in [2.05, 4.69) is 21.8 Å². The van der Waals surface area contributed by atoms with Crippen LogP contribution in [0.1, 0.15) is 27.9 Å². The summed E-state index contributed by atoms with van der Waals surface area (Å²) in [7, 11) is 0. The molecule has 1 aromatic heterocycles. The van der Waals surface area contributed by atoms with Gasteiger partial charge in [0.1, 0.15) is 23.0 Å². The summed E-state index contributed by atoms with van der Waals surface area (Å²) < 4.78 is 27.0. The van der Waals surface area contributed by atoms with Crippen molar-refractivity contribution >= 4 is 5.71 Å². The van der Waals surface area contributed by atoms with E-state index in [1.165, 1.54) is 12.1 Å². The van der Waals surface area contributed by atoms with Crippen molar-refractivity contribution in [3.05, 3.63) is 100 Å². The number of rotatable bonds is 2. The third-order valence-electron chi connectivity index (χ3n) is 4.22. The Bertz CT molecular complexity index is 1060. The second-order valence-electron chi connectivity index (χ2n) is 6.03. The van der Waals surface area contributed by atoms with Crippen LogP contribution in [0.4, 0.5) is 8.78 Å². The van der Waals surface area contributed by atoms with Crippen LogP contribution in [0, 0.1) is 23.5 Å². The molecule has 1 aliphatic heterocycles. The van der Waals surface area contributed by atoms with Crippen LogP contribution in [-0.2, 0) is 13.0 Å². The van der Waals surface area contributed by atoms with Crippen molar-refractivity contribution in [2.75, 3.05) is 0 Å². The van der Waals surface area contributed by atoms with Crippen molar-refractivity contribution in [1.29, 1.82) is 0 Å². The molecule has 0 unspecified atom stereocenters. The highest BCUT2D eigenvalue weighted by atomic mass is 19.1. The first-order valence-corrected chi connectivity index (χ1v) is 8.23. The first-order valence-electron chi connectivity index (χ1n) is 8.23. The topological polar surface area (TPSA) is 25.2 Å². The highest BCUT2D eigenvalue weighted by molar-refractivity contribution is 6.15. The van der Waals surface area contributed by atoms with Gasteiger partial charge in [0.2, 0.25) is 0 Å². The van der Waals surface area contributed by atoms with Crippen LogP contribution in [0.2, 0.25) is 0 Å². The van der Waals surface area contributed by atoms with Gasteiger partial charge >= 0.3 is 0 Å². The van der Waals surface area contributed by atoms with Gasteiger partial charge in [-0.15, -0.1) is 0 Å².